The van der Waals surface area contributed by atoms with E-state index >= 15 is 0 Å². The van der Waals surface area contributed by atoms with Gasteiger partial charge in [-0.2, -0.15) is 0 Å². The van der Waals surface area contributed by atoms with Gasteiger partial charge in [0.2, 0.25) is 0 Å². The second-order valence-electron chi connectivity index (χ2n) is 8.17. The fourth-order valence-corrected chi connectivity index (χ4v) is 3.66. The van der Waals surface area contributed by atoms with Gasteiger partial charge in [0.15, 0.2) is 11.8 Å². The molecule has 1 fully saturated rings. The smallest absolute Gasteiger partial charge is 0.192 e. The van der Waals surface area contributed by atoms with Crippen molar-refractivity contribution in [1.29, 1.82) is 0 Å². The molecule has 1 aliphatic rings. The van der Waals surface area contributed by atoms with Gasteiger partial charge in [0.25, 0.3) is 0 Å². The molecule has 1 aromatic carbocycles. The molecule has 0 radical (unpaired) electrons. The maximum atomic E-state index is 6.02. The largest absolute Gasteiger partial charge is 0.493 e. The molecule has 0 bridgehead atoms. The van der Waals surface area contributed by atoms with Gasteiger partial charge in [0.1, 0.15) is 11.6 Å². The number of hydrogen-bond donors (Lipinski definition) is 2. The van der Waals surface area contributed by atoms with Crippen molar-refractivity contribution in [2.45, 2.75) is 65.1 Å². The molecule has 8 nitrogen and oxygen atoms in total. The Labute approximate surface area is 208 Å². The summed E-state index contributed by atoms with van der Waals surface area (Å²) >= 11 is 0. The van der Waals surface area contributed by atoms with Crippen LogP contribution in [0.25, 0.3) is 0 Å². The summed E-state index contributed by atoms with van der Waals surface area (Å²) in [6.45, 7) is 6.47. The van der Waals surface area contributed by atoms with E-state index in [1.54, 1.807) is 7.11 Å². The lowest BCUT2D eigenvalue weighted by atomic mass is 10.1. The average molecular weight is 556 g/mol. The van der Waals surface area contributed by atoms with Gasteiger partial charge >= 0.3 is 0 Å². The third-order valence-corrected chi connectivity index (χ3v) is 5.67. The molecule has 0 unspecified atom stereocenters. The SMILES string of the molecule is COCCCOc1cc(C)ccc1CN=C(NCc1nnc(C)n1C)NC1CCCC1.I. The van der Waals surface area contributed by atoms with E-state index in [0.29, 0.717) is 32.3 Å². The van der Waals surface area contributed by atoms with Crippen molar-refractivity contribution in [1.82, 2.24) is 25.4 Å². The minimum Gasteiger partial charge on any atom is -0.493 e. The number of rotatable bonds is 10. The van der Waals surface area contributed by atoms with Crippen LogP contribution in [0.5, 0.6) is 5.75 Å². The summed E-state index contributed by atoms with van der Waals surface area (Å²) in [5.41, 5.74) is 2.25. The second-order valence-corrected chi connectivity index (χ2v) is 8.17. The number of benzene rings is 1. The number of hydrogen-bond acceptors (Lipinski definition) is 5. The molecule has 0 atom stereocenters. The summed E-state index contributed by atoms with van der Waals surface area (Å²) in [4.78, 5) is 4.88. The minimum absolute atomic E-state index is 0. The number of halogens is 1. The summed E-state index contributed by atoms with van der Waals surface area (Å²) < 4.78 is 13.1. The number of nitrogens with zero attached hydrogens (tertiary/aromatic N) is 4. The molecule has 2 N–H and O–H groups in total. The first-order valence-corrected chi connectivity index (χ1v) is 11.2. The highest BCUT2D eigenvalue weighted by atomic mass is 127. The number of guanidine groups is 1. The van der Waals surface area contributed by atoms with Crippen LogP contribution in [0.4, 0.5) is 0 Å². The highest BCUT2D eigenvalue weighted by Gasteiger charge is 2.17. The van der Waals surface area contributed by atoms with Crippen LogP contribution >= 0.6 is 24.0 Å². The molecular weight excluding hydrogens is 519 g/mol. The fourth-order valence-electron chi connectivity index (χ4n) is 3.66. The monoisotopic (exact) mass is 556 g/mol. The third-order valence-electron chi connectivity index (χ3n) is 5.67. The van der Waals surface area contributed by atoms with Crippen molar-refractivity contribution >= 4 is 29.9 Å². The Bertz CT molecular complexity index is 864. The predicted molar refractivity (Wildman–Crippen MR) is 138 cm³/mol. The number of aryl methyl sites for hydroxylation is 2. The van der Waals surface area contributed by atoms with Crippen LogP contribution in [0.3, 0.4) is 0 Å². The van der Waals surface area contributed by atoms with E-state index < -0.39 is 0 Å². The predicted octanol–water partition coefficient (Wildman–Crippen LogP) is 3.64. The zero-order valence-electron chi connectivity index (χ0n) is 19.7. The summed E-state index contributed by atoms with van der Waals surface area (Å²) in [5.74, 6) is 3.48. The first-order chi connectivity index (χ1) is 15.1. The Kier molecular flexibility index (Phi) is 11.2. The molecule has 32 heavy (non-hydrogen) atoms. The van der Waals surface area contributed by atoms with Gasteiger partial charge in [0.05, 0.1) is 19.7 Å². The van der Waals surface area contributed by atoms with Crippen molar-refractivity contribution < 1.29 is 9.47 Å². The lowest BCUT2D eigenvalue weighted by Crippen LogP contribution is -2.42. The molecule has 0 saturated heterocycles. The van der Waals surface area contributed by atoms with Crippen molar-refractivity contribution in [3.8, 4) is 5.75 Å². The van der Waals surface area contributed by atoms with Crippen molar-refractivity contribution in [3.05, 3.63) is 41.0 Å². The maximum absolute atomic E-state index is 6.02. The molecule has 1 aliphatic carbocycles. The molecule has 1 heterocycles. The second kappa shape index (κ2) is 13.6. The van der Waals surface area contributed by atoms with E-state index in [0.717, 1.165) is 35.3 Å². The number of aromatic nitrogens is 3. The van der Waals surface area contributed by atoms with E-state index in [2.05, 4.69) is 46.0 Å². The molecule has 1 saturated carbocycles. The zero-order valence-corrected chi connectivity index (χ0v) is 22.0. The summed E-state index contributed by atoms with van der Waals surface area (Å²) in [6.07, 6.45) is 5.76. The lowest BCUT2D eigenvalue weighted by Gasteiger charge is -2.18. The minimum atomic E-state index is 0. The van der Waals surface area contributed by atoms with Crippen LogP contribution < -0.4 is 15.4 Å². The quantitative estimate of drug-likeness (QED) is 0.201. The Hall–Kier alpha value is -1.88. The van der Waals surface area contributed by atoms with E-state index in [-0.39, 0.29) is 24.0 Å². The number of ether oxygens (including phenoxy) is 2. The average Bonchev–Trinajstić information content (AvgIpc) is 3.39. The van der Waals surface area contributed by atoms with Gasteiger partial charge in [-0.1, -0.05) is 25.0 Å². The Balaban J connectivity index is 0.00000363. The van der Waals surface area contributed by atoms with Crippen LogP contribution in [-0.4, -0.2) is 47.1 Å². The van der Waals surface area contributed by atoms with Gasteiger partial charge in [-0.15, -0.1) is 34.2 Å². The third kappa shape index (κ3) is 7.91. The van der Waals surface area contributed by atoms with E-state index in [1.807, 2.05) is 18.5 Å². The molecule has 178 valence electrons. The maximum Gasteiger partial charge on any atom is 0.192 e. The Morgan fingerprint density at radius 3 is 2.66 bits per heavy atom. The molecule has 3 rings (SSSR count). The highest BCUT2D eigenvalue weighted by Crippen LogP contribution is 2.22. The zero-order chi connectivity index (χ0) is 22.1. The number of nitrogens with one attached hydrogen (secondary N) is 2. The van der Waals surface area contributed by atoms with E-state index in [1.165, 1.54) is 31.2 Å². The summed E-state index contributed by atoms with van der Waals surface area (Å²) in [5, 5.41) is 15.4. The van der Waals surface area contributed by atoms with Crippen LogP contribution in [0, 0.1) is 13.8 Å². The molecular formula is C23H37IN6O2. The standard InChI is InChI=1S/C23H36N6O2.HI/c1-17-10-11-19(21(14-17)31-13-7-12-30-4)15-24-23(26-20-8-5-6-9-20)25-16-22-28-27-18(2)29(22)3;/h10-11,14,20H,5-9,12-13,15-16H2,1-4H3,(H2,24,25,26);1H. The van der Waals surface area contributed by atoms with Gasteiger partial charge in [-0.3, -0.25) is 0 Å². The first kappa shape index (κ1) is 26.4. The Morgan fingerprint density at radius 1 is 1.19 bits per heavy atom. The van der Waals surface area contributed by atoms with Gasteiger partial charge in [-0.25, -0.2) is 4.99 Å². The molecule has 0 amide bonds. The van der Waals surface area contributed by atoms with Gasteiger partial charge < -0.3 is 24.7 Å². The normalized spacial score (nSPS) is 14.3. The fraction of sp³-hybridized carbons (Fsp3) is 0.609. The highest BCUT2D eigenvalue weighted by molar-refractivity contribution is 14.0. The van der Waals surface area contributed by atoms with Gasteiger partial charge in [-0.05, 0) is 38.3 Å². The van der Waals surface area contributed by atoms with Gasteiger partial charge in [0, 0.05) is 38.8 Å². The topological polar surface area (TPSA) is 85.6 Å². The van der Waals surface area contributed by atoms with Crippen LogP contribution in [0.2, 0.25) is 0 Å². The lowest BCUT2D eigenvalue weighted by molar-refractivity contribution is 0.172. The molecule has 1 aromatic heterocycles. The first-order valence-electron chi connectivity index (χ1n) is 11.2. The molecule has 9 heteroatoms. The van der Waals surface area contributed by atoms with E-state index in [9.17, 15) is 0 Å². The number of methoxy groups -OCH3 is 1. The molecule has 0 spiro atoms. The Morgan fingerprint density at radius 2 is 1.97 bits per heavy atom. The van der Waals surface area contributed by atoms with E-state index in [4.69, 9.17) is 14.5 Å². The van der Waals surface area contributed by atoms with Crippen LogP contribution in [0.1, 0.15) is 54.9 Å². The molecule has 0 aliphatic heterocycles. The van der Waals surface area contributed by atoms with Crippen molar-refractivity contribution in [2.24, 2.45) is 12.0 Å². The molecule has 2 aromatic rings. The van der Waals surface area contributed by atoms with Crippen LogP contribution in [0.15, 0.2) is 23.2 Å². The van der Waals surface area contributed by atoms with Crippen molar-refractivity contribution in [3.63, 3.8) is 0 Å². The van der Waals surface area contributed by atoms with Crippen LogP contribution in [-0.2, 0) is 24.9 Å². The number of aliphatic imine (C=N–C) groups is 1. The summed E-state index contributed by atoms with van der Waals surface area (Å²) in [7, 11) is 3.69. The van der Waals surface area contributed by atoms with Crippen molar-refractivity contribution in [2.75, 3.05) is 20.3 Å². The summed E-state index contributed by atoms with van der Waals surface area (Å²) in [6, 6.07) is 6.75.